The topological polar surface area (TPSA) is 23.6 Å². The molecule has 0 radical (unpaired) electrons. The first kappa shape index (κ1) is 13.9. The molecule has 0 spiro atoms. The summed E-state index contributed by atoms with van der Waals surface area (Å²) in [6.07, 6.45) is 7.28. The Hall–Kier alpha value is -0.570. The van der Waals surface area contributed by atoms with Gasteiger partial charge in [0.2, 0.25) is 5.91 Å². The van der Waals surface area contributed by atoms with Crippen molar-refractivity contribution in [1.29, 1.82) is 0 Å². The highest BCUT2D eigenvalue weighted by molar-refractivity contribution is 5.79. The van der Waals surface area contributed by atoms with Crippen LogP contribution in [0.1, 0.15) is 52.4 Å². The van der Waals surface area contributed by atoms with E-state index < -0.39 is 0 Å². The lowest BCUT2D eigenvalue weighted by molar-refractivity contribution is -0.137. The summed E-state index contributed by atoms with van der Waals surface area (Å²) in [6, 6.07) is 0.574. The summed E-state index contributed by atoms with van der Waals surface area (Å²) in [5.74, 6) is 0.696. The summed E-state index contributed by atoms with van der Waals surface area (Å²) >= 11 is 0. The second-order valence-corrected chi connectivity index (χ2v) is 6.17. The molecule has 0 aromatic heterocycles. The third-order valence-electron chi connectivity index (χ3n) is 4.45. The predicted octanol–water partition coefficient (Wildman–Crippen LogP) is 2.51. The number of likely N-dealkylation sites (tertiary alicyclic amines) is 2. The highest BCUT2D eigenvalue weighted by Crippen LogP contribution is 2.22. The lowest BCUT2D eigenvalue weighted by Gasteiger charge is -2.36. The van der Waals surface area contributed by atoms with Gasteiger partial charge in [-0.05, 0) is 46.1 Å². The second kappa shape index (κ2) is 6.55. The molecule has 2 aliphatic heterocycles. The van der Waals surface area contributed by atoms with E-state index in [1.54, 1.807) is 0 Å². The molecule has 3 nitrogen and oxygen atoms in total. The summed E-state index contributed by atoms with van der Waals surface area (Å²) in [5, 5.41) is 0. The number of piperidine rings is 1. The fourth-order valence-electron chi connectivity index (χ4n) is 3.23. The number of hydrogen-bond donors (Lipinski definition) is 0. The highest BCUT2D eigenvalue weighted by Gasteiger charge is 2.30. The summed E-state index contributed by atoms with van der Waals surface area (Å²) in [4.78, 5) is 17.2. The highest BCUT2D eigenvalue weighted by atomic mass is 16.2. The zero-order valence-corrected chi connectivity index (χ0v) is 12.0. The molecular formula is C15H28N2O. The van der Waals surface area contributed by atoms with E-state index in [4.69, 9.17) is 0 Å². The van der Waals surface area contributed by atoms with Crippen molar-refractivity contribution in [2.75, 3.05) is 26.2 Å². The molecule has 0 N–H and O–H groups in total. The van der Waals surface area contributed by atoms with Crippen LogP contribution in [0.25, 0.3) is 0 Å². The number of amides is 1. The first-order valence-electron chi connectivity index (χ1n) is 7.71. The van der Waals surface area contributed by atoms with Gasteiger partial charge in [-0.25, -0.2) is 0 Å². The van der Waals surface area contributed by atoms with Crippen molar-refractivity contribution in [1.82, 2.24) is 9.80 Å². The van der Waals surface area contributed by atoms with E-state index in [1.807, 2.05) is 0 Å². The Morgan fingerprint density at radius 1 is 1.00 bits per heavy atom. The largest absolute Gasteiger partial charge is 0.342 e. The van der Waals surface area contributed by atoms with Gasteiger partial charge in [0, 0.05) is 25.7 Å². The SMILES string of the molecule is CC(C)N1CCC[C@@H](C(=O)N2CCCCCC2)C1. The van der Waals surface area contributed by atoms with Gasteiger partial charge in [0.15, 0.2) is 0 Å². The van der Waals surface area contributed by atoms with Gasteiger partial charge in [0.1, 0.15) is 0 Å². The second-order valence-electron chi connectivity index (χ2n) is 6.17. The maximum atomic E-state index is 12.6. The molecule has 0 saturated carbocycles. The number of hydrogen-bond acceptors (Lipinski definition) is 2. The van der Waals surface area contributed by atoms with Crippen LogP contribution in [-0.4, -0.2) is 47.9 Å². The fraction of sp³-hybridized carbons (Fsp3) is 0.933. The zero-order chi connectivity index (χ0) is 13.0. The van der Waals surface area contributed by atoms with E-state index in [0.717, 1.165) is 26.1 Å². The summed E-state index contributed by atoms with van der Waals surface area (Å²) < 4.78 is 0. The van der Waals surface area contributed by atoms with Crippen LogP contribution in [0.2, 0.25) is 0 Å². The molecule has 0 aliphatic carbocycles. The van der Waals surface area contributed by atoms with Crippen molar-refractivity contribution in [3.63, 3.8) is 0 Å². The minimum absolute atomic E-state index is 0.263. The molecule has 0 aromatic rings. The Labute approximate surface area is 112 Å². The van der Waals surface area contributed by atoms with Gasteiger partial charge >= 0.3 is 0 Å². The van der Waals surface area contributed by atoms with Crippen LogP contribution >= 0.6 is 0 Å². The van der Waals surface area contributed by atoms with Gasteiger partial charge in [-0.15, -0.1) is 0 Å². The fourth-order valence-corrected chi connectivity index (χ4v) is 3.23. The smallest absolute Gasteiger partial charge is 0.226 e. The van der Waals surface area contributed by atoms with E-state index in [9.17, 15) is 4.79 Å². The van der Waals surface area contributed by atoms with Crippen LogP contribution in [0.4, 0.5) is 0 Å². The molecule has 2 saturated heterocycles. The molecule has 2 aliphatic rings. The number of rotatable bonds is 2. The quantitative estimate of drug-likeness (QED) is 0.754. The minimum Gasteiger partial charge on any atom is -0.342 e. The van der Waals surface area contributed by atoms with Crippen molar-refractivity contribution in [2.24, 2.45) is 5.92 Å². The van der Waals surface area contributed by atoms with Crippen LogP contribution in [0.3, 0.4) is 0 Å². The van der Waals surface area contributed by atoms with E-state index in [0.29, 0.717) is 11.9 Å². The minimum atomic E-state index is 0.263. The Morgan fingerprint density at radius 2 is 1.67 bits per heavy atom. The molecule has 0 aromatic carbocycles. The third kappa shape index (κ3) is 3.47. The summed E-state index contributed by atoms with van der Waals surface area (Å²) in [6.45, 7) is 8.61. The van der Waals surface area contributed by atoms with E-state index in [1.165, 1.54) is 38.6 Å². The van der Waals surface area contributed by atoms with Crippen molar-refractivity contribution >= 4 is 5.91 Å². The van der Waals surface area contributed by atoms with Gasteiger partial charge in [0.25, 0.3) is 0 Å². The maximum absolute atomic E-state index is 12.6. The Bertz CT molecular complexity index is 270. The lowest BCUT2D eigenvalue weighted by atomic mass is 9.95. The first-order valence-corrected chi connectivity index (χ1v) is 7.71. The average Bonchev–Trinajstić information content (AvgIpc) is 2.67. The molecule has 2 heterocycles. The van der Waals surface area contributed by atoms with Crippen LogP contribution in [0.5, 0.6) is 0 Å². The predicted molar refractivity (Wildman–Crippen MR) is 74.5 cm³/mol. The van der Waals surface area contributed by atoms with Crippen LogP contribution in [-0.2, 0) is 4.79 Å². The number of carbonyl (C=O) groups is 1. The summed E-state index contributed by atoms with van der Waals surface area (Å²) in [5.41, 5.74) is 0. The Balaban J connectivity index is 1.90. The average molecular weight is 252 g/mol. The summed E-state index contributed by atoms with van der Waals surface area (Å²) in [7, 11) is 0. The zero-order valence-electron chi connectivity index (χ0n) is 12.0. The molecule has 0 bridgehead atoms. The van der Waals surface area contributed by atoms with E-state index in [-0.39, 0.29) is 5.92 Å². The molecular weight excluding hydrogens is 224 g/mol. The molecule has 0 unspecified atom stereocenters. The monoisotopic (exact) mass is 252 g/mol. The Kier molecular flexibility index (Phi) is 5.04. The molecule has 2 rings (SSSR count). The number of nitrogens with zero attached hydrogens (tertiary/aromatic N) is 2. The molecule has 2 fully saturated rings. The van der Waals surface area contributed by atoms with Crippen LogP contribution < -0.4 is 0 Å². The first-order chi connectivity index (χ1) is 8.68. The van der Waals surface area contributed by atoms with Gasteiger partial charge < -0.3 is 9.80 Å². The molecule has 104 valence electrons. The molecule has 3 heteroatoms. The Morgan fingerprint density at radius 3 is 2.28 bits per heavy atom. The maximum Gasteiger partial charge on any atom is 0.226 e. The normalized spacial score (nSPS) is 27.3. The van der Waals surface area contributed by atoms with Gasteiger partial charge in [-0.2, -0.15) is 0 Å². The molecule has 18 heavy (non-hydrogen) atoms. The van der Waals surface area contributed by atoms with Crippen molar-refractivity contribution < 1.29 is 4.79 Å². The van der Waals surface area contributed by atoms with Crippen molar-refractivity contribution in [3.05, 3.63) is 0 Å². The van der Waals surface area contributed by atoms with E-state index in [2.05, 4.69) is 23.6 Å². The van der Waals surface area contributed by atoms with Crippen molar-refractivity contribution in [3.8, 4) is 0 Å². The number of carbonyl (C=O) groups excluding carboxylic acids is 1. The lowest BCUT2D eigenvalue weighted by Crippen LogP contribution is -2.47. The van der Waals surface area contributed by atoms with Gasteiger partial charge in [0.05, 0.1) is 5.92 Å². The van der Waals surface area contributed by atoms with Gasteiger partial charge in [-0.3, -0.25) is 4.79 Å². The third-order valence-corrected chi connectivity index (χ3v) is 4.45. The van der Waals surface area contributed by atoms with Crippen LogP contribution in [0, 0.1) is 5.92 Å². The molecule has 1 amide bonds. The van der Waals surface area contributed by atoms with Crippen molar-refractivity contribution in [2.45, 2.75) is 58.4 Å². The van der Waals surface area contributed by atoms with E-state index >= 15 is 0 Å². The molecule has 1 atom stereocenters. The van der Waals surface area contributed by atoms with Crippen LogP contribution in [0.15, 0.2) is 0 Å². The van der Waals surface area contributed by atoms with Gasteiger partial charge in [-0.1, -0.05) is 12.8 Å². The standard InChI is InChI=1S/C15H28N2O/c1-13(2)17-11-7-8-14(12-17)15(18)16-9-5-3-4-6-10-16/h13-14H,3-12H2,1-2H3/t14-/m1/s1.